The quantitative estimate of drug-likeness (QED) is 0.340. The molecule has 1 fully saturated rings. The number of nitrogens with one attached hydrogen (secondary N) is 2. The summed E-state index contributed by atoms with van der Waals surface area (Å²) in [6.45, 7) is 2.17. The van der Waals surface area contributed by atoms with Crippen LogP contribution in [0.25, 0.3) is 0 Å². The van der Waals surface area contributed by atoms with E-state index in [0.717, 1.165) is 12.4 Å². The predicted molar refractivity (Wildman–Crippen MR) is 77.5 cm³/mol. The van der Waals surface area contributed by atoms with E-state index in [2.05, 4.69) is 40.2 Å². The van der Waals surface area contributed by atoms with E-state index in [1.54, 1.807) is 11.3 Å². The van der Waals surface area contributed by atoms with Gasteiger partial charge in [0.05, 0.1) is 12.1 Å². The fourth-order valence-electron chi connectivity index (χ4n) is 2.36. The van der Waals surface area contributed by atoms with Crippen LogP contribution in [0.5, 0.6) is 0 Å². The van der Waals surface area contributed by atoms with Gasteiger partial charge in [-0.3, -0.25) is 5.43 Å². The number of thiophene rings is 1. The van der Waals surface area contributed by atoms with E-state index in [-0.39, 0.29) is 0 Å². The largest absolute Gasteiger partial charge is 0.348 e. The second kappa shape index (κ2) is 6.75. The van der Waals surface area contributed by atoms with Gasteiger partial charge in [-0.2, -0.15) is 0 Å². The highest BCUT2D eigenvalue weighted by Crippen LogP contribution is 2.23. The van der Waals surface area contributed by atoms with E-state index >= 15 is 0 Å². The van der Waals surface area contributed by atoms with Crippen molar-refractivity contribution in [2.24, 2.45) is 10.8 Å². The first-order chi connectivity index (χ1) is 8.83. The average Bonchev–Trinajstić information content (AvgIpc) is 3.07. The Morgan fingerprint density at radius 3 is 2.89 bits per heavy atom. The summed E-state index contributed by atoms with van der Waals surface area (Å²) in [6, 6.07) is 4.95. The number of rotatable bonds is 4. The van der Waals surface area contributed by atoms with Gasteiger partial charge < -0.3 is 5.32 Å². The lowest BCUT2D eigenvalue weighted by Gasteiger charge is -2.19. The molecule has 1 saturated carbocycles. The molecule has 0 aromatic carbocycles. The van der Waals surface area contributed by atoms with Crippen molar-refractivity contribution in [1.29, 1.82) is 0 Å². The lowest BCUT2D eigenvalue weighted by atomic mass is 10.2. The normalized spacial score (nSPS) is 18.9. The molecule has 4 N–H and O–H groups in total. The molecule has 4 nitrogen and oxygen atoms in total. The van der Waals surface area contributed by atoms with Crippen molar-refractivity contribution in [3.8, 4) is 0 Å². The first-order valence-corrected chi connectivity index (χ1v) is 7.55. The number of hydrogen-bond acceptors (Lipinski definition) is 3. The van der Waals surface area contributed by atoms with Crippen molar-refractivity contribution in [2.75, 3.05) is 0 Å². The van der Waals surface area contributed by atoms with Gasteiger partial charge in [-0.05, 0) is 30.7 Å². The van der Waals surface area contributed by atoms with Crippen LogP contribution in [0, 0.1) is 0 Å². The molecule has 1 aliphatic rings. The summed E-state index contributed by atoms with van der Waals surface area (Å²) in [7, 11) is 0. The van der Waals surface area contributed by atoms with E-state index in [0.29, 0.717) is 12.1 Å². The Morgan fingerprint density at radius 1 is 1.56 bits per heavy atom. The maximum absolute atomic E-state index is 5.57. The van der Waals surface area contributed by atoms with Gasteiger partial charge in [0, 0.05) is 4.88 Å². The molecular formula is C13H22N4S. The summed E-state index contributed by atoms with van der Waals surface area (Å²) in [5, 5.41) is 5.51. The Hall–Kier alpha value is -1.07. The fourth-order valence-corrected chi connectivity index (χ4v) is 3.22. The zero-order valence-electron chi connectivity index (χ0n) is 10.9. The number of guanidine groups is 1. The number of hydrazine groups is 1. The van der Waals surface area contributed by atoms with Gasteiger partial charge in [0.25, 0.3) is 0 Å². The highest BCUT2D eigenvalue weighted by molar-refractivity contribution is 7.10. The van der Waals surface area contributed by atoms with Crippen molar-refractivity contribution in [2.45, 2.75) is 51.1 Å². The second-order valence-electron chi connectivity index (χ2n) is 4.68. The Labute approximate surface area is 113 Å². The Kier molecular flexibility index (Phi) is 5.01. The molecule has 2 rings (SSSR count). The van der Waals surface area contributed by atoms with E-state index in [1.807, 2.05) is 0 Å². The van der Waals surface area contributed by atoms with E-state index < -0.39 is 0 Å². The number of aliphatic imine (C=N–C) groups is 1. The minimum absolute atomic E-state index is 0.293. The monoisotopic (exact) mass is 266 g/mol. The third-order valence-electron chi connectivity index (χ3n) is 3.38. The summed E-state index contributed by atoms with van der Waals surface area (Å²) < 4.78 is 0. The Bertz CT molecular complexity index is 368. The van der Waals surface area contributed by atoms with Gasteiger partial charge in [0.15, 0.2) is 0 Å². The highest BCUT2D eigenvalue weighted by atomic mass is 32.1. The lowest BCUT2D eigenvalue weighted by Crippen LogP contribution is -2.43. The topological polar surface area (TPSA) is 62.4 Å². The summed E-state index contributed by atoms with van der Waals surface area (Å²) in [4.78, 5) is 5.99. The molecule has 100 valence electrons. The van der Waals surface area contributed by atoms with Crippen molar-refractivity contribution in [3.05, 3.63) is 22.4 Å². The smallest absolute Gasteiger partial charge is 0.206 e. The Balaban J connectivity index is 1.99. The molecule has 0 saturated heterocycles. The molecule has 5 heteroatoms. The minimum atomic E-state index is 0.293. The molecule has 0 amide bonds. The molecule has 0 spiro atoms. The molecule has 18 heavy (non-hydrogen) atoms. The van der Waals surface area contributed by atoms with Crippen LogP contribution in [0.2, 0.25) is 0 Å². The molecule has 0 aliphatic heterocycles. The molecule has 0 radical (unpaired) electrons. The number of hydrogen-bond donors (Lipinski definition) is 3. The molecule has 1 atom stereocenters. The van der Waals surface area contributed by atoms with Crippen LogP contribution in [-0.4, -0.2) is 12.0 Å². The second-order valence-corrected chi connectivity index (χ2v) is 5.66. The maximum atomic E-state index is 5.57. The third-order valence-corrected chi connectivity index (χ3v) is 4.36. The van der Waals surface area contributed by atoms with E-state index in [9.17, 15) is 0 Å². The van der Waals surface area contributed by atoms with Crippen molar-refractivity contribution in [1.82, 2.24) is 10.7 Å². The van der Waals surface area contributed by atoms with Crippen LogP contribution in [0.1, 0.15) is 49.9 Å². The van der Waals surface area contributed by atoms with Gasteiger partial charge in [-0.15, -0.1) is 11.3 Å². The lowest BCUT2D eigenvalue weighted by molar-refractivity contribution is 0.607. The van der Waals surface area contributed by atoms with E-state index in [1.165, 1.54) is 30.6 Å². The van der Waals surface area contributed by atoms with Crippen LogP contribution in [0.4, 0.5) is 0 Å². The zero-order valence-corrected chi connectivity index (χ0v) is 11.7. The summed E-state index contributed by atoms with van der Waals surface area (Å²) in [5.41, 5.74) is 2.70. The van der Waals surface area contributed by atoms with Crippen LogP contribution < -0.4 is 16.6 Å². The molecule has 1 aromatic heterocycles. The van der Waals surface area contributed by atoms with Crippen LogP contribution in [-0.2, 0) is 0 Å². The van der Waals surface area contributed by atoms with Crippen molar-refractivity contribution >= 4 is 17.3 Å². The number of nitrogens with zero attached hydrogens (tertiary/aromatic N) is 1. The van der Waals surface area contributed by atoms with E-state index in [4.69, 9.17) is 5.84 Å². The van der Waals surface area contributed by atoms with Gasteiger partial charge >= 0.3 is 0 Å². The molecule has 1 heterocycles. The Morgan fingerprint density at radius 2 is 2.33 bits per heavy atom. The van der Waals surface area contributed by atoms with Gasteiger partial charge in [0.2, 0.25) is 5.96 Å². The minimum Gasteiger partial charge on any atom is -0.348 e. The summed E-state index contributed by atoms with van der Waals surface area (Å²) >= 11 is 1.76. The van der Waals surface area contributed by atoms with Gasteiger partial charge in [-0.25, -0.2) is 10.8 Å². The predicted octanol–water partition coefficient (Wildman–Crippen LogP) is 2.55. The van der Waals surface area contributed by atoms with Gasteiger partial charge in [-0.1, -0.05) is 25.8 Å². The molecular weight excluding hydrogens is 244 g/mol. The van der Waals surface area contributed by atoms with Crippen molar-refractivity contribution in [3.63, 3.8) is 0 Å². The molecule has 0 bridgehead atoms. The highest BCUT2D eigenvalue weighted by Gasteiger charge is 2.16. The average molecular weight is 266 g/mol. The first-order valence-electron chi connectivity index (χ1n) is 6.67. The zero-order chi connectivity index (χ0) is 12.8. The van der Waals surface area contributed by atoms with Crippen molar-refractivity contribution < 1.29 is 0 Å². The van der Waals surface area contributed by atoms with Crippen LogP contribution in [0.3, 0.4) is 0 Å². The van der Waals surface area contributed by atoms with Gasteiger partial charge in [0.1, 0.15) is 0 Å². The fraction of sp³-hybridized carbons (Fsp3) is 0.615. The van der Waals surface area contributed by atoms with Crippen LogP contribution >= 0.6 is 11.3 Å². The summed E-state index contributed by atoms with van der Waals surface area (Å²) in [5.74, 6) is 6.29. The molecule has 1 aromatic rings. The SMILES string of the molecule is CCC(NC(=NC1CCCC1)NN)c1cccs1. The summed E-state index contributed by atoms with van der Waals surface area (Å²) in [6.07, 6.45) is 5.96. The maximum Gasteiger partial charge on any atom is 0.206 e. The molecule has 1 unspecified atom stereocenters. The molecule has 1 aliphatic carbocycles. The first kappa shape index (κ1) is 13.4. The standard InChI is InChI=1S/C13H22N4S/c1-2-11(12-8-5-9-18-12)16-13(17-14)15-10-6-3-4-7-10/h5,8-11H,2-4,6-7,14H2,1H3,(H2,15,16,17). The number of nitrogens with two attached hydrogens (primary N) is 1. The van der Waals surface area contributed by atoms with Crippen LogP contribution in [0.15, 0.2) is 22.5 Å². The third kappa shape index (κ3) is 3.46.